The Morgan fingerprint density at radius 1 is 0.973 bits per heavy atom. The number of carbonyl (C=O) groups excluding carboxylic acids is 3. The number of methoxy groups -OCH3 is 1. The van der Waals surface area contributed by atoms with Gasteiger partial charge in [0.2, 0.25) is 5.91 Å². The molecule has 0 saturated carbocycles. The van der Waals surface area contributed by atoms with Gasteiger partial charge in [0.05, 0.1) is 7.11 Å². The fraction of sp³-hybridized carbons (Fsp3) is 0.464. The zero-order valence-electron chi connectivity index (χ0n) is 22.1. The van der Waals surface area contributed by atoms with Crippen LogP contribution in [0.25, 0.3) is 0 Å². The van der Waals surface area contributed by atoms with Crippen LogP contribution in [0.1, 0.15) is 39.2 Å². The highest BCUT2D eigenvalue weighted by Crippen LogP contribution is 2.22. The molecule has 37 heavy (non-hydrogen) atoms. The summed E-state index contributed by atoms with van der Waals surface area (Å²) in [5.74, 6) is 0.106. The Balaban J connectivity index is 1.60. The highest BCUT2D eigenvalue weighted by atomic mass is 16.6. The number of amides is 2. The highest BCUT2D eigenvalue weighted by Gasteiger charge is 2.30. The van der Waals surface area contributed by atoms with Crippen LogP contribution < -0.4 is 15.0 Å². The molecule has 0 spiro atoms. The van der Waals surface area contributed by atoms with Gasteiger partial charge in [-0.25, -0.2) is 4.79 Å². The monoisotopic (exact) mass is 511 g/mol. The maximum Gasteiger partial charge on any atom is 0.408 e. The first-order valence-corrected chi connectivity index (χ1v) is 12.5. The van der Waals surface area contributed by atoms with E-state index in [1.165, 1.54) is 0 Å². The van der Waals surface area contributed by atoms with E-state index < -0.39 is 23.7 Å². The van der Waals surface area contributed by atoms with Crippen molar-refractivity contribution in [2.24, 2.45) is 0 Å². The van der Waals surface area contributed by atoms with Crippen molar-refractivity contribution in [3.8, 4) is 5.75 Å². The number of nitrogens with one attached hydrogen (secondary N) is 1. The van der Waals surface area contributed by atoms with Crippen LogP contribution in [0.5, 0.6) is 5.75 Å². The number of hydrogen-bond donors (Lipinski definition) is 1. The molecule has 200 valence electrons. The van der Waals surface area contributed by atoms with E-state index in [2.05, 4.69) is 10.2 Å². The third-order valence-corrected chi connectivity index (χ3v) is 5.87. The number of nitrogens with zero attached hydrogens (tertiary/aromatic N) is 2. The lowest BCUT2D eigenvalue weighted by Gasteiger charge is -2.37. The number of piperazine rings is 1. The van der Waals surface area contributed by atoms with Gasteiger partial charge in [-0.2, -0.15) is 0 Å². The van der Waals surface area contributed by atoms with Crippen LogP contribution in [0.3, 0.4) is 0 Å². The minimum atomic E-state index is -0.904. The molecule has 1 aliphatic rings. The topological polar surface area (TPSA) is 97.4 Å². The summed E-state index contributed by atoms with van der Waals surface area (Å²) in [6, 6.07) is 16.2. The lowest BCUT2D eigenvalue weighted by molar-refractivity contribution is -0.155. The second-order valence-electron chi connectivity index (χ2n) is 9.90. The Kier molecular flexibility index (Phi) is 9.77. The van der Waals surface area contributed by atoms with Crippen molar-refractivity contribution in [2.45, 2.75) is 51.9 Å². The molecule has 1 heterocycles. The number of esters is 1. The molecule has 0 bridgehead atoms. The molecule has 9 nitrogen and oxygen atoms in total. The van der Waals surface area contributed by atoms with E-state index in [1.807, 2.05) is 54.6 Å². The minimum Gasteiger partial charge on any atom is -0.497 e. The van der Waals surface area contributed by atoms with Gasteiger partial charge < -0.3 is 29.3 Å². The second-order valence-corrected chi connectivity index (χ2v) is 9.90. The van der Waals surface area contributed by atoms with Crippen LogP contribution in [0.2, 0.25) is 0 Å². The van der Waals surface area contributed by atoms with Crippen LogP contribution in [0.4, 0.5) is 10.5 Å². The SMILES string of the molecule is COc1cccc(N2CCN(C(=O)C(CCC(=O)OC(C)(C)C)NC(=O)OCc3ccccc3)CC2)c1. The maximum absolute atomic E-state index is 13.4. The van der Waals surface area contributed by atoms with Crippen LogP contribution in [0, 0.1) is 0 Å². The lowest BCUT2D eigenvalue weighted by atomic mass is 10.1. The predicted octanol–water partition coefficient (Wildman–Crippen LogP) is 3.76. The summed E-state index contributed by atoms with van der Waals surface area (Å²) >= 11 is 0. The van der Waals surface area contributed by atoms with Crippen molar-refractivity contribution in [1.29, 1.82) is 0 Å². The summed E-state index contributed by atoms with van der Waals surface area (Å²) in [4.78, 5) is 42.2. The molecule has 9 heteroatoms. The minimum absolute atomic E-state index is 0.00355. The van der Waals surface area contributed by atoms with Gasteiger partial charge in [-0.1, -0.05) is 36.4 Å². The largest absolute Gasteiger partial charge is 0.497 e. The molecule has 1 fully saturated rings. The number of anilines is 1. The number of rotatable bonds is 9. The predicted molar refractivity (Wildman–Crippen MR) is 140 cm³/mol. The van der Waals surface area contributed by atoms with Crippen molar-refractivity contribution < 1.29 is 28.6 Å². The Hall–Kier alpha value is -3.75. The molecule has 0 aliphatic carbocycles. The van der Waals surface area contributed by atoms with Gasteiger partial charge in [0.25, 0.3) is 0 Å². The van der Waals surface area contributed by atoms with Crippen LogP contribution in [-0.2, 0) is 25.7 Å². The zero-order valence-corrected chi connectivity index (χ0v) is 22.1. The number of carbonyl (C=O) groups is 3. The quantitative estimate of drug-likeness (QED) is 0.512. The summed E-state index contributed by atoms with van der Waals surface area (Å²) in [5, 5.41) is 2.67. The van der Waals surface area contributed by atoms with Gasteiger partial charge in [0, 0.05) is 44.4 Å². The van der Waals surface area contributed by atoms with E-state index in [0.29, 0.717) is 26.2 Å². The Morgan fingerprint density at radius 2 is 1.68 bits per heavy atom. The number of alkyl carbamates (subject to hydrolysis) is 1. The number of ether oxygens (including phenoxy) is 3. The standard InChI is InChI=1S/C28H37N3O6/c1-28(2,3)37-25(32)14-13-24(29-27(34)36-20-21-9-6-5-7-10-21)26(33)31-17-15-30(16-18-31)22-11-8-12-23(19-22)35-4/h5-12,19,24H,13-18,20H2,1-4H3,(H,29,34). The molecule has 2 aromatic carbocycles. The van der Waals surface area contributed by atoms with Gasteiger partial charge in [0.15, 0.2) is 0 Å². The van der Waals surface area contributed by atoms with E-state index in [-0.39, 0.29) is 25.4 Å². The van der Waals surface area contributed by atoms with Crippen LogP contribution in [-0.4, -0.2) is 67.8 Å². The Bertz CT molecular complexity index is 1050. The number of benzene rings is 2. The summed E-state index contributed by atoms with van der Waals surface area (Å²) in [6.07, 6.45) is -0.595. The summed E-state index contributed by atoms with van der Waals surface area (Å²) < 4.78 is 16.0. The van der Waals surface area contributed by atoms with E-state index in [1.54, 1.807) is 32.8 Å². The second kappa shape index (κ2) is 13.0. The summed E-state index contributed by atoms with van der Waals surface area (Å²) in [7, 11) is 1.63. The fourth-order valence-corrected chi connectivity index (χ4v) is 4.03. The zero-order chi connectivity index (χ0) is 26.8. The first kappa shape index (κ1) is 27.8. The van der Waals surface area contributed by atoms with E-state index in [0.717, 1.165) is 17.0 Å². The molecule has 1 aliphatic heterocycles. The molecular weight excluding hydrogens is 474 g/mol. The Morgan fingerprint density at radius 3 is 2.32 bits per heavy atom. The molecule has 1 N–H and O–H groups in total. The van der Waals surface area contributed by atoms with Gasteiger partial charge in [-0.3, -0.25) is 9.59 Å². The normalized spacial score (nSPS) is 14.5. The van der Waals surface area contributed by atoms with Crippen molar-refractivity contribution in [3.05, 3.63) is 60.2 Å². The molecule has 1 saturated heterocycles. The highest BCUT2D eigenvalue weighted by molar-refractivity contribution is 5.86. The van der Waals surface area contributed by atoms with Gasteiger partial charge in [0.1, 0.15) is 24.0 Å². The average molecular weight is 512 g/mol. The van der Waals surface area contributed by atoms with Crippen molar-refractivity contribution in [1.82, 2.24) is 10.2 Å². The van der Waals surface area contributed by atoms with Crippen molar-refractivity contribution in [2.75, 3.05) is 38.2 Å². The molecular formula is C28H37N3O6. The summed E-state index contributed by atoms with van der Waals surface area (Å²) in [6.45, 7) is 7.68. The molecule has 0 radical (unpaired) electrons. The molecule has 2 aromatic rings. The van der Waals surface area contributed by atoms with Crippen LogP contribution in [0.15, 0.2) is 54.6 Å². The van der Waals surface area contributed by atoms with Gasteiger partial charge in [-0.15, -0.1) is 0 Å². The molecule has 2 amide bonds. The maximum atomic E-state index is 13.4. The fourth-order valence-electron chi connectivity index (χ4n) is 4.03. The van der Waals surface area contributed by atoms with E-state index in [4.69, 9.17) is 14.2 Å². The third kappa shape index (κ3) is 9.00. The van der Waals surface area contributed by atoms with E-state index in [9.17, 15) is 14.4 Å². The Labute approximate surface area is 218 Å². The lowest BCUT2D eigenvalue weighted by Crippen LogP contribution is -2.55. The van der Waals surface area contributed by atoms with Crippen molar-refractivity contribution >= 4 is 23.7 Å². The number of hydrogen-bond acceptors (Lipinski definition) is 7. The average Bonchev–Trinajstić information content (AvgIpc) is 2.89. The molecule has 1 atom stereocenters. The third-order valence-electron chi connectivity index (χ3n) is 5.87. The first-order chi connectivity index (χ1) is 17.6. The van der Waals surface area contributed by atoms with Crippen LogP contribution >= 0.6 is 0 Å². The molecule has 1 unspecified atom stereocenters. The first-order valence-electron chi connectivity index (χ1n) is 12.5. The summed E-state index contributed by atoms with van der Waals surface area (Å²) in [5.41, 5.74) is 1.23. The smallest absolute Gasteiger partial charge is 0.408 e. The van der Waals surface area contributed by atoms with Crippen molar-refractivity contribution in [3.63, 3.8) is 0 Å². The van der Waals surface area contributed by atoms with Gasteiger partial charge >= 0.3 is 12.1 Å². The molecule has 0 aromatic heterocycles. The molecule has 3 rings (SSSR count). The van der Waals surface area contributed by atoms with Gasteiger partial charge in [-0.05, 0) is 44.9 Å². The van der Waals surface area contributed by atoms with E-state index >= 15 is 0 Å².